The summed E-state index contributed by atoms with van der Waals surface area (Å²) in [6, 6.07) is 12.7. The molecule has 0 aliphatic carbocycles. The monoisotopic (exact) mass is 346 g/mol. The van der Waals surface area contributed by atoms with Crippen molar-refractivity contribution >= 4 is 23.2 Å². The van der Waals surface area contributed by atoms with E-state index < -0.39 is 0 Å². The molecule has 0 N–H and O–H groups in total. The predicted octanol–water partition coefficient (Wildman–Crippen LogP) is 4.02. The average molecular weight is 347 g/mol. The van der Waals surface area contributed by atoms with Crippen molar-refractivity contribution in [3.05, 3.63) is 64.4 Å². The van der Waals surface area contributed by atoms with Crippen molar-refractivity contribution in [1.82, 2.24) is 4.90 Å². The van der Waals surface area contributed by atoms with Gasteiger partial charge in [-0.15, -0.1) is 0 Å². The summed E-state index contributed by atoms with van der Waals surface area (Å²) < 4.78 is 14.0. The number of nitrogens with zero attached hydrogens (tertiary/aromatic N) is 2. The fraction of sp³-hybridized carbons (Fsp3) is 0.316. The molecule has 1 aliphatic heterocycles. The van der Waals surface area contributed by atoms with Crippen molar-refractivity contribution in [1.29, 1.82) is 0 Å². The summed E-state index contributed by atoms with van der Waals surface area (Å²) in [5.41, 5.74) is 2.48. The number of carbonyl (C=O) groups is 1. The highest BCUT2D eigenvalue weighted by Gasteiger charge is 2.31. The molecular weight excluding hydrogens is 327 g/mol. The lowest BCUT2D eigenvalue weighted by Gasteiger charge is -2.39. The van der Waals surface area contributed by atoms with Crippen LogP contribution in [0.4, 0.5) is 10.1 Å². The lowest BCUT2D eigenvalue weighted by atomic mass is 10.1. The number of amides is 1. The molecule has 0 radical (unpaired) electrons. The van der Waals surface area contributed by atoms with E-state index >= 15 is 0 Å². The van der Waals surface area contributed by atoms with Gasteiger partial charge in [-0.25, -0.2) is 4.39 Å². The molecule has 1 heterocycles. The van der Waals surface area contributed by atoms with Crippen molar-refractivity contribution in [3.63, 3.8) is 0 Å². The topological polar surface area (TPSA) is 23.6 Å². The molecule has 0 unspecified atom stereocenters. The molecule has 2 aromatic carbocycles. The molecule has 1 amide bonds. The number of rotatable bonds is 3. The summed E-state index contributed by atoms with van der Waals surface area (Å²) in [6.45, 7) is 5.21. The van der Waals surface area contributed by atoms with Crippen LogP contribution in [0.2, 0.25) is 5.02 Å². The molecule has 0 spiro atoms. The van der Waals surface area contributed by atoms with E-state index in [-0.39, 0.29) is 24.3 Å². The first-order chi connectivity index (χ1) is 11.5. The molecule has 3 rings (SSSR count). The lowest BCUT2D eigenvalue weighted by molar-refractivity contribution is -0.122. The van der Waals surface area contributed by atoms with Gasteiger partial charge in [-0.2, -0.15) is 0 Å². The Morgan fingerprint density at radius 3 is 2.71 bits per heavy atom. The van der Waals surface area contributed by atoms with Crippen LogP contribution in [0.1, 0.15) is 18.1 Å². The zero-order chi connectivity index (χ0) is 17.3. The fourth-order valence-corrected chi connectivity index (χ4v) is 3.26. The normalized spacial score (nSPS) is 18.9. The van der Waals surface area contributed by atoms with Gasteiger partial charge >= 0.3 is 0 Å². The highest BCUT2D eigenvalue weighted by atomic mass is 35.5. The van der Waals surface area contributed by atoms with Crippen molar-refractivity contribution in [3.8, 4) is 0 Å². The highest BCUT2D eigenvalue weighted by molar-refractivity contribution is 6.31. The number of piperazine rings is 1. The lowest BCUT2D eigenvalue weighted by Crippen LogP contribution is -2.55. The molecule has 1 atom stereocenters. The Morgan fingerprint density at radius 2 is 2.00 bits per heavy atom. The molecule has 0 aromatic heterocycles. The summed E-state index contributed by atoms with van der Waals surface area (Å²) in [5, 5.41) is 0.399. The Labute approximate surface area is 146 Å². The number of hydrogen-bond donors (Lipinski definition) is 0. The predicted molar refractivity (Wildman–Crippen MR) is 94.8 cm³/mol. The average Bonchev–Trinajstić information content (AvgIpc) is 2.54. The third-order valence-electron chi connectivity index (χ3n) is 4.45. The van der Waals surface area contributed by atoms with Crippen molar-refractivity contribution in [2.24, 2.45) is 0 Å². The maximum absolute atomic E-state index is 14.0. The maximum atomic E-state index is 14.0. The first-order valence-electron chi connectivity index (χ1n) is 7.99. The zero-order valence-corrected chi connectivity index (χ0v) is 14.6. The van der Waals surface area contributed by atoms with Crippen LogP contribution < -0.4 is 4.90 Å². The molecule has 5 heteroatoms. The number of halogens is 2. The third-order valence-corrected chi connectivity index (χ3v) is 4.80. The standard InChI is InChI=1S/C19H20ClFN2O/c1-13-5-3-6-15(9-13)23-10-14(2)22(12-19(23)24)11-16-17(20)7-4-8-18(16)21/h3-9,14H,10-12H2,1-2H3/t14-/m0/s1. The van der Waals surface area contributed by atoms with Gasteiger partial charge in [0.05, 0.1) is 6.54 Å². The summed E-state index contributed by atoms with van der Waals surface area (Å²) >= 11 is 6.11. The van der Waals surface area contributed by atoms with Crippen LogP contribution in [0.15, 0.2) is 42.5 Å². The van der Waals surface area contributed by atoms with Crippen LogP contribution in [0.3, 0.4) is 0 Å². The van der Waals surface area contributed by atoms with Gasteiger partial charge in [0.15, 0.2) is 0 Å². The fourth-order valence-electron chi connectivity index (χ4n) is 3.04. The summed E-state index contributed by atoms with van der Waals surface area (Å²) in [5.74, 6) is -0.311. The van der Waals surface area contributed by atoms with E-state index in [4.69, 9.17) is 11.6 Å². The van der Waals surface area contributed by atoms with E-state index in [0.717, 1.165) is 11.3 Å². The number of aryl methyl sites for hydroxylation is 1. The maximum Gasteiger partial charge on any atom is 0.241 e. The number of carbonyl (C=O) groups excluding carboxylic acids is 1. The van der Waals surface area contributed by atoms with Gasteiger partial charge in [-0.05, 0) is 43.7 Å². The smallest absolute Gasteiger partial charge is 0.241 e. The molecule has 24 heavy (non-hydrogen) atoms. The van der Waals surface area contributed by atoms with Crippen LogP contribution in [0.25, 0.3) is 0 Å². The Hall–Kier alpha value is -1.91. The van der Waals surface area contributed by atoms with Crippen LogP contribution in [-0.2, 0) is 11.3 Å². The first kappa shape index (κ1) is 16.9. The van der Waals surface area contributed by atoms with E-state index in [1.165, 1.54) is 6.07 Å². The zero-order valence-electron chi connectivity index (χ0n) is 13.8. The Morgan fingerprint density at radius 1 is 1.25 bits per heavy atom. The van der Waals surface area contributed by atoms with E-state index in [2.05, 4.69) is 0 Å². The van der Waals surface area contributed by atoms with Crippen LogP contribution >= 0.6 is 11.6 Å². The minimum Gasteiger partial charge on any atom is -0.310 e. The third kappa shape index (κ3) is 3.45. The van der Waals surface area contributed by atoms with E-state index in [0.29, 0.717) is 23.7 Å². The van der Waals surface area contributed by atoms with Gasteiger partial charge in [0, 0.05) is 35.4 Å². The summed E-state index contributed by atoms with van der Waals surface area (Å²) in [7, 11) is 0. The number of anilines is 1. The first-order valence-corrected chi connectivity index (χ1v) is 8.37. The van der Waals surface area contributed by atoms with E-state index in [1.54, 1.807) is 17.0 Å². The minimum absolute atomic E-state index is 0.0196. The Balaban J connectivity index is 1.77. The summed E-state index contributed by atoms with van der Waals surface area (Å²) in [4.78, 5) is 16.4. The number of benzene rings is 2. The van der Waals surface area contributed by atoms with Gasteiger partial charge in [-0.1, -0.05) is 29.8 Å². The molecule has 0 bridgehead atoms. The second-order valence-electron chi connectivity index (χ2n) is 6.30. The van der Waals surface area contributed by atoms with Crippen molar-refractivity contribution < 1.29 is 9.18 Å². The van der Waals surface area contributed by atoms with Gasteiger partial charge in [0.1, 0.15) is 5.82 Å². The largest absolute Gasteiger partial charge is 0.310 e. The van der Waals surface area contributed by atoms with E-state index in [1.807, 2.05) is 43.0 Å². The Kier molecular flexibility index (Phi) is 4.88. The van der Waals surface area contributed by atoms with Crippen molar-refractivity contribution in [2.45, 2.75) is 26.4 Å². The molecule has 126 valence electrons. The Bertz CT molecular complexity index is 745. The molecule has 2 aromatic rings. The molecular formula is C19H20ClFN2O. The van der Waals surface area contributed by atoms with Gasteiger partial charge in [0.25, 0.3) is 0 Å². The van der Waals surface area contributed by atoms with Gasteiger partial charge in [-0.3, -0.25) is 9.69 Å². The van der Waals surface area contributed by atoms with Crippen LogP contribution in [0.5, 0.6) is 0 Å². The second-order valence-corrected chi connectivity index (χ2v) is 6.70. The molecule has 0 saturated carbocycles. The molecule has 1 aliphatic rings. The highest BCUT2D eigenvalue weighted by Crippen LogP contribution is 2.25. The SMILES string of the molecule is Cc1cccc(N2C[C@H](C)N(Cc3c(F)cccc3Cl)CC2=O)c1. The van der Waals surface area contributed by atoms with Gasteiger partial charge < -0.3 is 4.90 Å². The number of hydrogen-bond acceptors (Lipinski definition) is 2. The van der Waals surface area contributed by atoms with Crippen LogP contribution in [-0.4, -0.2) is 29.9 Å². The minimum atomic E-state index is -0.330. The van der Waals surface area contributed by atoms with Gasteiger partial charge in [0.2, 0.25) is 5.91 Å². The quantitative estimate of drug-likeness (QED) is 0.838. The van der Waals surface area contributed by atoms with E-state index in [9.17, 15) is 9.18 Å². The summed E-state index contributed by atoms with van der Waals surface area (Å²) in [6.07, 6.45) is 0. The molecule has 3 nitrogen and oxygen atoms in total. The van der Waals surface area contributed by atoms with Crippen molar-refractivity contribution in [2.75, 3.05) is 18.0 Å². The molecule has 1 fully saturated rings. The second kappa shape index (κ2) is 6.91. The van der Waals surface area contributed by atoms with Crippen LogP contribution in [0, 0.1) is 12.7 Å². The molecule has 1 saturated heterocycles.